The summed E-state index contributed by atoms with van der Waals surface area (Å²) < 4.78 is 11.9. The normalized spacial score (nSPS) is 14.6. The van der Waals surface area contributed by atoms with Gasteiger partial charge < -0.3 is 19.4 Å². The van der Waals surface area contributed by atoms with E-state index in [4.69, 9.17) is 9.15 Å². The number of hydrogen-bond acceptors (Lipinski definition) is 3. The lowest BCUT2D eigenvalue weighted by molar-refractivity contribution is 0.115. The van der Waals surface area contributed by atoms with Gasteiger partial charge in [0.15, 0.2) is 10.6 Å². The maximum Gasteiger partial charge on any atom is 0.193 e. The van der Waals surface area contributed by atoms with Gasteiger partial charge in [-0.05, 0) is 46.8 Å². The maximum absolute atomic E-state index is 5.65. The monoisotopic (exact) mass is 485 g/mol. The minimum atomic E-state index is 0. The predicted octanol–water partition coefficient (Wildman–Crippen LogP) is 3.14. The Bertz CT molecular complexity index is 463. The molecule has 1 heterocycles. The quantitative estimate of drug-likeness (QED) is 0.266. The highest BCUT2D eigenvalue weighted by molar-refractivity contribution is 14.0. The standard InChI is InChI=1S/C15H24BrN3O2.HI/c1-17-15(18-8-7-13-5-6-14(16)21-13)19(2)9-10-20-11-12-3-4-12;/h5-6,12H,3-4,7-11H2,1-2H3,(H,17,18);1H. The fraction of sp³-hybridized carbons (Fsp3) is 0.667. The van der Waals surface area contributed by atoms with E-state index >= 15 is 0 Å². The molecule has 126 valence electrons. The summed E-state index contributed by atoms with van der Waals surface area (Å²) in [5, 5.41) is 3.33. The zero-order valence-corrected chi connectivity index (χ0v) is 17.1. The zero-order chi connectivity index (χ0) is 15.1. The van der Waals surface area contributed by atoms with Crippen LogP contribution in [-0.4, -0.2) is 51.3 Å². The highest BCUT2D eigenvalue weighted by atomic mass is 127. The van der Waals surface area contributed by atoms with E-state index in [1.165, 1.54) is 12.8 Å². The second-order valence-electron chi connectivity index (χ2n) is 5.37. The Morgan fingerprint density at radius 1 is 1.50 bits per heavy atom. The first-order chi connectivity index (χ1) is 10.2. The molecule has 1 aliphatic rings. The summed E-state index contributed by atoms with van der Waals surface area (Å²) in [7, 11) is 3.83. The first kappa shape index (κ1) is 19.8. The Morgan fingerprint density at radius 3 is 2.86 bits per heavy atom. The van der Waals surface area contributed by atoms with Crippen molar-refractivity contribution in [2.45, 2.75) is 19.3 Å². The van der Waals surface area contributed by atoms with Gasteiger partial charge in [-0.1, -0.05) is 0 Å². The lowest BCUT2D eigenvalue weighted by Gasteiger charge is -2.21. The van der Waals surface area contributed by atoms with E-state index in [1.54, 1.807) is 7.05 Å². The second-order valence-corrected chi connectivity index (χ2v) is 6.15. The first-order valence-corrected chi connectivity index (χ1v) is 8.22. The van der Waals surface area contributed by atoms with E-state index in [0.29, 0.717) is 0 Å². The van der Waals surface area contributed by atoms with Crippen LogP contribution in [0.1, 0.15) is 18.6 Å². The van der Waals surface area contributed by atoms with E-state index in [2.05, 4.69) is 31.1 Å². The SMILES string of the molecule is CN=C(NCCc1ccc(Br)o1)N(C)CCOCC1CC1.I. The van der Waals surface area contributed by atoms with Crippen LogP contribution in [-0.2, 0) is 11.2 Å². The molecule has 0 aromatic carbocycles. The molecule has 22 heavy (non-hydrogen) atoms. The van der Waals surface area contributed by atoms with Crippen molar-refractivity contribution in [3.05, 3.63) is 22.6 Å². The highest BCUT2D eigenvalue weighted by Crippen LogP contribution is 2.28. The molecule has 0 atom stereocenters. The van der Waals surface area contributed by atoms with Gasteiger partial charge in [0.2, 0.25) is 0 Å². The summed E-state index contributed by atoms with van der Waals surface area (Å²) in [5.74, 6) is 2.66. The number of rotatable bonds is 8. The first-order valence-electron chi connectivity index (χ1n) is 7.42. The Hall–Kier alpha value is -0.280. The molecule has 0 radical (unpaired) electrons. The smallest absolute Gasteiger partial charge is 0.193 e. The van der Waals surface area contributed by atoms with Crippen LogP contribution in [0.4, 0.5) is 0 Å². The van der Waals surface area contributed by atoms with Gasteiger partial charge in [0, 0.05) is 40.2 Å². The lowest BCUT2D eigenvalue weighted by atomic mass is 10.3. The molecule has 1 aliphatic carbocycles. The number of guanidine groups is 1. The van der Waals surface area contributed by atoms with Gasteiger partial charge in [0.1, 0.15) is 5.76 Å². The van der Waals surface area contributed by atoms with Gasteiger partial charge >= 0.3 is 0 Å². The average Bonchev–Trinajstić information content (AvgIpc) is 3.21. The number of aliphatic imine (C=N–C) groups is 1. The van der Waals surface area contributed by atoms with Crippen molar-refractivity contribution in [3.8, 4) is 0 Å². The third-order valence-electron chi connectivity index (χ3n) is 3.48. The number of nitrogens with one attached hydrogen (secondary N) is 1. The van der Waals surface area contributed by atoms with Crippen molar-refractivity contribution < 1.29 is 9.15 Å². The van der Waals surface area contributed by atoms with Crippen molar-refractivity contribution in [1.82, 2.24) is 10.2 Å². The molecule has 1 aromatic rings. The van der Waals surface area contributed by atoms with Crippen LogP contribution < -0.4 is 5.32 Å². The van der Waals surface area contributed by atoms with Crippen LogP contribution in [0.5, 0.6) is 0 Å². The van der Waals surface area contributed by atoms with Crippen molar-refractivity contribution in [3.63, 3.8) is 0 Å². The molecule has 2 rings (SSSR count). The molecule has 0 aliphatic heterocycles. The summed E-state index contributed by atoms with van der Waals surface area (Å²) in [6, 6.07) is 3.89. The zero-order valence-electron chi connectivity index (χ0n) is 13.2. The lowest BCUT2D eigenvalue weighted by Crippen LogP contribution is -2.41. The van der Waals surface area contributed by atoms with Crippen molar-refractivity contribution in [2.75, 3.05) is 40.4 Å². The Labute approximate surface area is 158 Å². The summed E-state index contributed by atoms with van der Waals surface area (Å²) in [6.07, 6.45) is 3.50. The summed E-state index contributed by atoms with van der Waals surface area (Å²) >= 11 is 3.31. The number of ether oxygens (including phenoxy) is 1. The molecule has 1 fully saturated rings. The van der Waals surface area contributed by atoms with Gasteiger partial charge in [0.05, 0.1) is 6.61 Å². The van der Waals surface area contributed by atoms with Crippen molar-refractivity contribution >= 4 is 45.9 Å². The van der Waals surface area contributed by atoms with Crippen LogP contribution in [0.2, 0.25) is 0 Å². The van der Waals surface area contributed by atoms with Gasteiger partial charge in [0.25, 0.3) is 0 Å². The highest BCUT2D eigenvalue weighted by Gasteiger charge is 2.21. The Morgan fingerprint density at radius 2 is 2.27 bits per heavy atom. The molecule has 0 saturated heterocycles. The van der Waals surface area contributed by atoms with Crippen molar-refractivity contribution in [2.24, 2.45) is 10.9 Å². The molecule has 1 N–H and O–H groups in total. The number of halogens is 2. The van der Waals surface area contributed by atoms with Gasteiger partial charge in [-0.15, -0.1) is 24.0 Å². The topological polar surface area (TPSA) is 50.0 Å². The molecule has 0 spiro atoms. The molecular formula is C15H25BrIN3O2. The minimum absolute atomic E-state index is 0. The molecule has 7 heteroatoms. The van der Waals surface area contributed by atoms with Crippen LogP contribution in [0.3, 0.4) is 0 Å². The molecular weight excluding hydrogens is 461 g/mol. The van der Waals surface area contributed by atoms with E-state index in [9.17, 15) is 0 Å². The summed E-state index contributed by atoms with van der Waals surface area (Å²) in [5.41, 5.74) is 0. The number of likely N-dealkylation sites (N-methyl/N-ethyl adjacent to an activating group) is 1. The van der Waals surface area contributed by atoms with E-state index < -0.39 is 0 Å². The van der Waals surface area contributed by atoms with Crippen LogP contribution in [0.15, 0.2) is 26.2 Å². The summed E-state index contributed by atoms with van der Waals surface area (Å²) in [6.45, 7) is 3.30. The fourth-order valence-electron chi connectivity index (χ4n) is 2.01. The molecule has 1 saturated carbocycles. The molecule has 5 nitrogen and oxygen atoms in total. The van der Waals surface area contributed by atoms with Gasteiger partial charge in [-0.2, -0.15) is 0 Å². The van der Waals surface area contributed by atoms with Crippen LogP contribution in [0, 0.1) is 5.92 Å². The molecule has 0 bridgehead atoms. The Balaban J connectivity index is 0.00000242. The molecule has 0 unspecified atom stereocenters. The van der Waals surface area contributed by atoms with E-state index in [1.807, 2.05) is 19.2 Å². The van der Waals surface area contributed by atoms with Crippen molar-refractivity contribution in [1.29, 1.82) is 0 Å². The minimum Gasteiger partial charge on any atom is -0.454 e. The molecule has 0 amide bonds. The van der Waals surface area contributed by atoms with Crippen LogP contribution >= 0.6 is 39.9 Å². The number of nitrogens with zero attached hydrogens (tertiary/aromatic N) is 2. The maximum atomic E-state index is 5.65. The van der Waals surface area contributed by atoms with E-state index in [-0.39, 0.29) is 24.0 Å². The third-order valence-corrected chi connectivity index (χ3v) is 3.90. The number of furan rings is 1. The largest absolute Gasteiger partial charge is 0.454 e. The molecule has 1 aromatic heterocycles. The summed E-state index contributed by atoms with van der Waals surface area (Å²) in [4.78, 5) is 6.37. The van der Waals surface area contributed by atoms with Crippen LogP contribution in [0.25, 0.3) is 0 Å². The third kappa shape index (κ3) is 7.32. The van der Waals surface area contributed by atoms with Gasteiger partial charge in [-0.3, -0.25) is 4.99 Å². The number of hydrogen-bond donors (Lipinski definition) is 1. The second kappa shape index (κ2) is 10.5. The predicted molar refractivity (Wildman–Crippen MR) is 103 cm³/mol. The fourth-order valence-corrected chi connectivity index (χ4v) is 2.35. The van der Waals surface area contributed by atoms with E-state index in [0.717, 1.165) is 55.0 Å². The van der Waals surface area contributed by atoms with Gasteiger partial charge in [-0.25, -0.2) is 0 Å². The average molecular weight is 486 g/mol. The Kier molecular flexibility index (Phi) is 9.42.